The zero-order valence-corrected chi connectivity index (χ0v) is 8.81. The lowest BCUT2D eigenvalue weighted by atomic mass is 10.2. The first-order chi connectivity index (χ1) is 7.28. The van der Waals surface area contributed by atoms with E-state index < -0.39 is 0 Å². The van der Waals surface area contributed by atoms with E-state index in [4.69, 9.17) is 9.84 Å². The molecule has 1 aromatic rings. The predicted octanol–water partition coefficient (Wildman–Crippen LogP) is 0.492. The largest absolute Gasteiger partial charge is 0.473 e. The Kier molecular flexibility index (Phi) is 3.18. The van der Waals surface area contributed by atoms with Crippen LogP contribution in [0, 0.1) is 6.92 Å². The molecule has 0 aliphatic carbocycles. The summed E-state index contributed by atoms with van der Waals surface area (Å²) in [7, 11) is 0. The molecule has 0 saturated carbocycles. The van der Waals surface area contributed by atoms with Crippen LogP contribution >= 0.6 is 0 Å². The number of ether oxygens (including phenoxy) is 1. The van der Waals surface area contributed by atoms with Crippen LogP contribution in [-0.4, -0.2) is 35.4 Å². The summed E-state index contributed by atoms with van der Waals surface area (Å²) in [5.41, 5.74) is 1.13. The number of hydrogen-bond donors (Lipinski definition) is 2. The van der Waals surface area contributed by atoms with Gasteiger partial charge in [0.15, 0.2) is 0 Å². The molecule has 2 N–H and O–H groups in total. The van der Waals surface area contributed by atoms with Crippen LogP contribution in [0.15, 0.2) is 18.3 Å². The van der Waals surface area contributed by atoms with Crippen molar-refractivity contribution >= 4 is 0 Å². The highest BCUT2D eigenvalue weighted by molar-refractivity contribution is 5.16. The minimum absolute atomic E-state index is 0.123. The number of aryl methyl sites for hydroxylation is 1. The highest BCUT2D eigenvalue weighted by atomic mass is 16.5. The zero-order chi connectivity index (χ0) is 10.7. The molecule has 0 unspecified atom stereocenters. The number of nitrogens with zero attached hydrogens (tertiary/aromatic N) is 1. The second-order valence-electron chi connectivity index (χ2n) is 3.94. The van der Waals surface area contributed by atoms with E-state index in [0.29, 0.717) is 5.88 Å². The van der Waals surface area contributed by atoms with Crippen LogP contribution in [0.3, 0.4) is 0 Å². The molecule has 4 heteroatoms. The first kappa shape index (κ1) is 10.4. The van der Waals surface area contributed by atoms with E-state index in [2.05, 4.69) is 10.3 Å². The summed E-state index contributed by atoms with van der Waals surface area (Å²) in [4.78, 5) is 4.18. The number of aliphatic hydroxyl groups is 1. The van der Waals surface area contributed by atoms with Gasteiger partial charge in [0.1, 0.15) is 6.10 Å². The molecular weight excluding hydrogens is 192 g/mol. The van der Waals surface area contributed by atoms with Gasteiger partial charge in [-0.2, -0.15) is 0 Å². The summed E-state index contributed by atoms with van der Waals surface area (Å²) in [6.45, 7) is 2.94. The Morgan fingerprint density at radius 3 is 3.07 bits per heavy atom. The fourth-order valence-electron chi connectivity index (χ4n) is 1.71. The average molecular weight is 208 g/mol. The Morgan fingerprint density at radius 2 is 2.47 bits per heavy atom. The van der Waals surface area contributed by atoms with Gasteiger partial charge in [0.05, 0.1) is 6.61 Å². The molecule has 4 nitrogen and oxygen atoms in total. The van der Waals surface area contributed by atoms with Gasteiger partial charge in [-0.25, -0.2) is 4.98 Å². The van der Waals surface area contributed by atoms with Gasteiger partial charge in [-0.1, -0.05) is 6.07 Å². The van der Waals surface area contributed by atoms with E-state index in [-0.39, 0.29) is 18.8 Å². The summed E-state index contributed by atoms with van der Waals surface area (Å²) < 4.78 is 5.68. The van der Waals surface area contributed by atoms with Crippen molar-refractivity contribution in [2.24, 2.45) is 0 Å². The minimum atomic E-state index is 0.123. The second kappa shape index (κ2) is 4.59. The van der Waals surface area contributed by atoms with E-state index in [1.54, 1.807) is 6.20 Å². The van der Waals surface area contributed by atoms with E-state index in [0.717, 1.165) is 18.5 Å². The number of nitrogens with one attached hydrogen (secondary N) is 1. The zero-order valence-electron chi connectivity index (χ0n) is 8.81. The Bertz CT molecular complexity index is 313. The van der Waals surface area contributed by atoms with Gasteiger partial charge in [0.25, 0.3) is 0 Å². The maximum atomic E-state index is 8.95. The molecule has 0 spiro atoms. The van der Waals surface area contributed by atoms with Gasteiger partial charge < -0.3 is 15.2 Å². The molecule has 2 atom stereocenters. The summed E-state index contributed by atoms with van der Waals surface area (Å²) in [6.07, 6.45) is 2.75. The molecular formula is C11H16N2O2. The molecule has 0 radical (unpaired) electrons. The van der Waals surface area contributed by atoms with E-state index in [1.807, 2.05) is 19.1 Å². The smallest absolute Gasteiger partial charge is 0.213 e. The first-order valence-electron chi connectivity index (χ1n) is 5.21. The molecule has 1 aromatic heterocycles. The lowest BCUT2D eigenvalue weighted by molar-refractivity contribution is 0.199. The number of hydrogen-bond acceptors (Lipinski definition) is 4. The van der Waals surface area contributed by atoms with Crippen LogP contribution in [0.1, 0.15) is 12.0 Å². The van der Waals surface area contributed by atoms with Crippen molar-refractivity contribution in [3.63, 3.8) is 0 Å². The van der Waals surface area contributed by atoms with Crippen LogP contribution in [0.2, 0.25) is 0 Å². The average Bonchev–Trinajstić information content (AvgIpc) is 2.69. The maximum absolute atomic E-state index is 8.95. The first-order valence-corrected chi connectivity index (χ1v) is 5.21. The van der Waals surface area contributed by atoms with Gasteiger partial charge in [-0.05, 0) is 12.5 Å². The fourth-order valence-corrected chi connectivity index (χ4v) is 1.71. The number of aromatic nitrogens is 1. The van der Waals surface area contributed by atoms with Crippen molar-refractivity contribution in [3.05, 3.63) is 23.9 Å². The number of rotatable bonds is 3. The Balaban J connectivity index is 1.90. The Hall–Kier alpha value is -1.13. The minimum Gasteiger partial charge on any atom is -0.473 e. The molecule has 0 aromatic carbocycles. The van der Waals surface area contributed by atoms with E-state index >= 15 is 0 Å². The Morgan fingerprint density at radius 1 is 1.60 bits per heavy atom. The van der Waals surface area contributed by atoms with Gasteiger partial charge in [-0.15, -0.1) is 0 Å². The summed E-state index contributed by atoms with van der Waals surface area (Å²) >= 11 is 0. The standard InChI is InChI=1S/C11H16N2O2/c1-8-2-3-11(13-5-8)15-10-4-9(7-14)12-6-10/h2-3,5,9-10,12,14H,4,6-7H2,1H3/t9-,10-/m0/s1. The molecule has 2 heterocycles. The summed E-state index contributed by atoms with van der Waals surface area (Å²) in [6, 6.07) is 4.02. The highest BCUT2D eigenvalue weighted by Crippen LogP contribution is 2.14. The van der Waals surface area contributed by atoms with Crippen molar-refractivity contribution in [1.82, 2.24) is 10.3 Å². The number of pyridine rings is 1. The molecule has 1 aliphatic heterocycles. The van der Waals surface area contributed by atoms with Gasteiger partial charge in [0, 0.05) is 31.3 Å². The molecule has 0 bridgehead atoms. The van der Waals surface area contributed by atoms with Crippen molar-refractivity contribution in [2.45, 2.75) is 25.5 Å². The third-order valence-corrected chi connectivity index (χ3v) is 2.57. The van der Waals surface area contributed by atoms with Crippen molar-refractivity contribution < 1.29 is 9.84 Å². The van der Waals surface area contributed by atoms with Crippen LogP contribution in [0.5, 0.6) is 5.88 Å². The van der Waals surface area contributed by atoms with Gasteiger partial charge in [-0.3, -0.25) is 0 Å². The Labute approximate surface area is 89.3 Å². The van der Waals surface area contributed by atoms with E-state index in [9.17, 15) is 0 Å². The third kappa shape index (κ3) is 2.67. The lowest BCUT2D eigenvalue weighted by Gasteiger charge is -2.11. The van der Waals surface area contributed by atoms with Crippen LogP contribution in [-0.2, 0) is 0 Å². The highest BCUT2D eigenvalue weighted by Gasteiger charge is 2.24. The summed E-state index contributed by atoms with van der Waals surface area (Å²) in [5, 5.41) is 12.1. The SMILES string of the molecule is Cc1ccc(O[C@@H]2CN[C@H](CO)C2)nc1. The van der Waals surface area contributed by atoms with Gasteiger partial charge in [0.2, 0.25) is 5.88 Å². The fraction of sp³-hybridized carbons (Fsp3) is 0.545. The molecule has 15 heavy (non-hydrogen) atoms. The molecule has 1 saturated heterocycles. The molecule has 2 rings (SSSR count). The van der Waals surface area contributed by atoms with E-state index in [1.165, 1.54) is 0 Å². The quantitative estimate of drug-likeness (QED) is 0.759. The molecule has 82 valence electrons. The maximum Gasteiger partial charge on any atom is 0.213 e. The second-order valence-corrected chi connectivity index (χ2v) is 3.94. The third-order valence-electron chi connectivity index (χ3n) is 2.57. The molecule has 0 amide bonds. The topological polar surface area (TPSA) is 54.4 Å². The monoisotopic (exact) mass is 208 g/mol. The predicted molar refractivity (Wildman–Crippen MR) is 56.9 cm³/mol. The number of aliphatic hydroxyl groups excluding tert-OH is 1. The lowest BCUT2D eigenvalue weighted by Crippen LogP contribution is -2.25. The van der Waals surface area contributed by atoms with Crippen LogP contribution in [0.4, 0.5) is 0 Å². The van der Waals surface area contributed by atoms with Crippen molar-refractivity contribution in [3.8, 4) is 5.88 Å². The summed E-state index contributed by atoms with van der Waals surface area (Å²) in [5.74, 6) is 0.658. The van der Waals surface area contributed by atoms with Crippen molar-refractivity contribution in [1.29, 1.82) is 0 Å². The van der Waals surface area contributed by atoms with Crippen LogP contribution in [0.25, 0.3) is 0 Å². The normalized spacial score (nSPS) is 25.5. The van der Waals surface area contributed by atoms with Gasteiger partial charge >= 0.3 is 0 Å². The van der Waals surface area contributed by atoms with Crippen LogP contribution < -0.4 is 10.1 Å². The molecule has 1 aliphatic rings. The molecule has 1 fully saturated rings. The van der Waals surface area contributed by atoms with Crippen molar-refractivity contribution in [2.75, 3.05) is 13.2 Å².